The molecule has 2 heterocycles. The Labute approximate surface area is 152 Å². The van der Waals surface area contributed by atoms with Gasteiger partial charge < -0.3 is 19.1 Å². The average Bonchev–Trinajstić information content (AvgIpc) is 3.33. The lowest BCUT2D eigenvalue weighted by molar-refractivity contribution is -0.185. The molecule has 2 fully saturated rings. The molecule has 1 aromatic carbocycles. The molecule has 1 aliphatic heterocycles. The van der Waals surface area contributed by atoms with E-state index in [-0.39, 0.29) is 11.1 Å². The fraction of sp³-hybridized carbons (Fsp3) is 0.500. The molecule has 2 aromatic rings. The van der Waals surface area contributed by atoms with Gasteiger partial charge in [-0.1, -0.05) is 35.5 Å². The summed E-state index contributed by atoms with van der Waals surface area (Å²) in [5.74, 6) is -0.847. The highest BCUT2D eigenvalue weighted by Gasteiger charge is 2.46. The van der Waals surface area contributed by atoms with Gasteiger partial charge in [0.15, 0.2) is 11.5 Å². The number of aromatic carboxylic acids is 1. The van der Waals surface area contributed by atoms with Crippen molar-refractivity contribution in [1.82, 2.24) is 5.16 Å². The first-order chi connectivity index (χ1) is 12.6. The highest BCUT2D eigenvalue weighted by atomic mass is 16.7. The van der Waals surface area contributed by atoms with E-state index in [4.69, 9.17) is 19.1 Å². The fourth-order valence-corrected chi connectivity index (χ4v) is 4.26. The van der Waals surface area contributed by atoms with Crippen molar-refractivity contribution in [2.45, 2.75) is 49.7 Å². The highest BCUT2D eigenvalue weighted by Crippen LogP contribution is 2.48. The van der Waals surface area contributed by atoms with Crippen LogP contribution in [0.5, 0.6) is 0 Å². The Balaban J connectivity index is 1.53. The number of rotatable bonds is 5. The van der Waals surface area contributed by atoms with Crippen LogP contribution in [0.2, 0.25) is 0 Å². The largest absolute Gasteiger partial charge is 0.476 e. The molecule has 1 spiro atoms. The summed E-state index contributed by atoms with van der Waals surface area (Å²) < 4.78 is 17.0. The van der Waals surface area contributed by atoms with E-state index in [0.29, 0.717) is 25.4 Å². The van der Waals surface area contributed by atoms with E-state index in [9.17, 15) is 4.79 Å². The topological polar surface area (TPSA) is 81.8 Å². The maximum atomic E-state index is 11.0. The third-order valence-corrected chi connectivity index (χ3v) is 5.80. The molecule has 6 nitrogen and oxygen atoms in total. The second kappa shape index (κ2) is 6.85. The molecule has 26 heavy (non-hydrogen) atoms. The van der Waals surface area contributed by atoms with Crippen LogP contribution in [0.15, 0.2) is 40.9 Å². The molecule has 6 heteroatoms. The van der Waals surface area contributed by atoms with Crippen molar-refractivity contribution >= 4 is 5.97 Å². The molecule has 0 atom stereocenters. The van der Waals surface area contributed by atoms with Crippen LogP contribution in [0.1, 0.15) is 53.9 Å². The number of nitrogens with zero attached hydrogens (tertiary/aromatic N) is 1. The molecule has 2 aliphatic rings. The van der Waals surface area contributed by atoms with Gasteiger partial charge in [-0.2, -0.15) is 0 Å². The molecular weight excluding hydrogens is 334 g/mol. The Kier molecular flexibility index (Phi) is 4.54. The summed E-state index contributed by atoms with van der Waals surface area (Å²) in [6, 6.07) is 12.0. The van der Waals surface area contributed by atoms with Crippen LogP contribution in [0, 0.1) is 0 Å². The molecule has 1 aromatic heterocycles. The Morgan fingerprint density at radius 2 is 1.77 bits per heavy atom. The summed E-state index contributed by atoms with van der Waals surface area (Å²) in [7, 11) is 0. The van der Waals surface area contributed by atoms with Crippen LogP contribution in [0.3, 0.4) is 0 Å². The number of carboxylic acid groups (broad SMARTS) is 1. The predicted octanol–water partition coefficient (Wildman–Crippen LogP) is 3.56. The van der Waals surface area contributed by atoms with Crippen LogP contribution in [0.4, 0.5) is 0 Å². The van der Waals surface area contributed by atoms with E-state index < -0.39 is 11.8 Å². The Bertz CT molecular complexity index is 754. The summed E-state index contributed by atoms with van der Waals surface area (Å²) >= 11 is 0. The van der Waals surface area contributed by atoms with Crippen LogP contribution in [-0.2, 0) is 21.3 Å². The van der Waals surface area contributed by atoms with Gasteiger partial charge in [0, 0.05) is 25.3 Å². The Morgan fingerprint density at radius 1 is 1.08 bits per heavy atom. The fourth-order valence-electron chi connectivity index (χ4n) is 4.26. The number of benzene rings is 1. The number of carboxylic acids is 1. The van der Waals surface area contributed by atoms with Crippen molar-refractivity contribution in [3.8, 4) is 0 Å². The average molecular weight is 357 g/mol. The second-order valence-corrected chi connectivity index (χ2v) is 7.24. The molecule has 0 bridgehead atoms. The predicted molar refractivity (Wildman–Crippen MR) is 93.0 cm³/mol. The molecule has 138 valence electrons. The van der Waals surface area contributed by atoms with Crippen molar-refractivity contribution in [2.24, 2.45) is 0 Å². The smallest absolute Gasteiger partial charge is 0.358 e. The van der Waals surface area contributed by atoms with Gasteiger partial charge in [0.2, 0.25) is 0 Å². The Hall–Kier alpha value is -2.18. The summed E-state index contributed by atoms with van der Waals surface area (Å²) in [6.07, 6.45) is 5.22. The van der Waals surface area contributed by atoms with Gasteiger partial charge >= 0.3 is 5.97 Å². The number of aromatic nitrogens is 1. The normalized spacial score (nSPS) is 21.1. The molecule has 1 saturated heterocycles. The first kappa shape index (κ1) is 17.2. The maximum absolute atomic E-state index is 11.0. The minimum atomic E-state index is -1.06. The summed E-state index contributed by atoms with van der Waals surface area (Å²) in [5, 5.41) is 12.6. The first-order valence-electron chi connectivity index (χ1n) is 9.13. The van der Waals surface area contributed by atoms with Crippen molar-refractivity contribution in [2.75, 3.05) is 13.2 Å². The van der Waals surface area contributed by atoms with E-state index in [2.05, 4.69) is 29.4 Å². The second-order valence-electron chi connectivity index (χ2n) is 7.24. The monoisotopic (exact) mass is 357 g/mol. The number of carbonyl (C=O) groups is 1. The van der Waals surface area contributed by atoms with E-state index in [1.54, 1.807) is 0 Å². The van der Waals surface area contributed by atoms with Crippen molar-refractivity contribution in [3.63, 3.8) is 0 Å². The van der Waals surface area contributed by atoms with Crippen LogP contribution >= 0.6 is 0 Å². The molecule has 0 radical (unpaired) electrons. The quantitative estimate of drug-likeness (QED) is 0.881. The van der Waals surface area contributed by atoms with Crippen LogP contribution in [-0.4, -0.2) is 35.2 Å². The SMILES string of the molecule is O=C(O)c1cc(CCC2(c3ccccc3)CCC3(CC2)OCCO3)on1. The molecule has 4 rings (SSSR count). The molecule has 1 saturated carbocycles. The third-order valence-electron chi connectivity index (χ3n) is 5.80. The van der Waals surface area contributed by atoms with Crippen LogP contribution < -0.4 is 0 Å². The maximum Gasteiger partial charge on any atom is 0.358 e. The minimum absolute atomic E-state index is 0.0119. The van der Waals surface area contributed by atoms with Gasteiger partial charge in [0.05, 0.1) is 13.2 Å². The van der Waals surface area contributed by atoms with Gasteiger partial charge in [-0.05, 0) is 30.2 Å². The molecular formula is C20H23NO5. The van der Waals surface area contributed by atoms with Crippen molar-refractivity contribution in [1.29, 1.82) is 0 Å². The van der Waals surface area contributed by atoms with Gasteiger partial charge in [-0.15, -0.1) is 0 Å². The van der Waals surface area contributed by atoms with Crippen LogP contribution in [0.25, 0.3) is 0 Å². The number of aryl methyl sites for hydroxylation is 1. The van der Waals surface area contributed by atoms with E-state index >= 15 is 0 Å². The van der Waals surface area contributed by atoms with E-state index in [1.807, 2.05) is 6.07 Å². The lowest BCUT2D eigenvalue weighted by atomic mass is 9.65. The molecule has 1 aliphatic carbocycles. The third kappa shape index (κ3) is 3.27. The lowest BCUT2D eigenvalue weighted by Gasteiger charge is -2.44. The zero-order valence-corrected chi connectivity index (χ0v) is 14.6. The first-order valence-corrected chi connectivity index (χ1v) is 9.13. The van der Waals surface area contributed by atoms with Crippen molar-refractivity contribution < 1.29 is 23.9 Å². The van der Waals surface area contributed by atoms with Gasteiger partial charge in [0.25, 0.3) is 0 Å². The lowest BCUT2D eigenvalue weighted by Crippen LogP contribution is -2.42. The van der Waals surface area contributed by atoms with Gasteiger partial charge in [-0.25, -0.2) is 4.79 Å². The van der Waals surface area contributed by atoms with Gasteiger partial charge in [0.1, 0.15) is 5.76 Å². The number of ether oxygens (including phenoxy) is 2. The van der Waals surface area contributed by atoms with E-state index in [1.165, 1.54) is 11.6 Å². The summed E-state index contributed by atoms with van der Waals surface area (Å²) in [6.45, 7) is 1.35. The number of hydrogen-bond acceptors (Lipinski definition) is 5. The molecule has 0 amide bonds. The van der Waals surface area contributed by atoms with Crippen molar-refractivity contribution in [3.05, 3.63) is 53.4 Å². The summed E-state index contributed by atoms with van der Waals surface area (Å²) in [4.78, 5) is 11.0. The van der Waals surface area contributed by atoms with E-state index in [0.717, 1.165) is 32.1 Å². The summed E-state index contributed by atoms with van der Waals surface area (Å²) in [5.41, 5.74) is 1.28. The number of hydrogen-bond donors (Lipinski definition) is 1. The molecule has 0 unspecified atom stereocenters. The molecule has 1 N–H and O–H groups in total. The zero-order chi connectivity index (χ0) is 18.0. The zero-order valence-electron chi connectivity index (χ0n) is 14.6. The Morgan fingerprint density at radius 3 is 2.38 bits per heavy atom. The minimum Gasteiger partial charge on any atom is -0.476 e. The highest BCUT2D eigenvalue weighted by molar-refractivity contribution is 5.85. The van der Waals surface area contributed by atoms with Gasteiger partial charge in [-0.3, -0.25) is 0 Å². The standard InChI is InChI=1S/C20H23NO5/c22-18(23)17-14-16(26-21-17)6-7-19(15-4-2-1-3-5-15)8-10-20(11-9-19)24-12-13-25-20/h1-5,14H,6-13H2,(H,22,23).